The van der Waals surface area contributed by atoms with E-state index in [9.17, 15) is 0 Å². The molecule has 0 unspecified atom stereocenters. The van der Waals surface area contributed by atoms with Crippen molar-refractivity contribution in [2.45, 2.75) is 19.3 Å². The lowest BCUT2D eigenvalue weighted by Crippen LogP contribution is -1.89. The Bertz CT molecular complexity index is 549. The first-order chi connectivity index (χ1) is 8.34. The van der Waals surface area contributed by atoms with Gasteiger partial charge in [-0.05, 0) is 23.1 Å². The molecule has 0 heterocycles. The molecule has 0 aliphatic heterocycles. The van der Waals surface area contributed by atoms with Crippen LogP contribution in [-0.2, 0) is 6.42 Å². The second-order valence-corrected chi connectivity index (χ2v) is 4.73. The Morgan fingerprint density at radius 3 is 2.41 bits per heavy atom. The van der Waals surface area contributed by atoms with Gasteiger partial charge in [0.2, 0.25) is 0 Å². The number of benzene rings is 2. The lowest BCUT2D eigenvalue weighted by Gasteiger charge is -2.06. The van der Waals surface area contributed by atoms with Crippen LogP contribution in [0, 0.1) is 0 Å². The van der Waals surface area contributed by atoms with Crippen molar-refractivity contribution < 1.29 is 0 Å². The predicted octanol–water partition coefficient (Wildman–Crippen LogP) is 4.43. The van der Waals surface area contributed by atoms with Crippen LogP contribution in [0.2, 0.25) is 0 Å². The van der Waals surface area contributed by atoms with Crippen molar-refractivity contribution in [3.05, 3.63) is 76.9 Å². The monoisotopic (exact) mass is 220 g/mol. The van der Waals surface area contributed by atoms with Crippen LogP contribution in [-0.4, -0.2) is 0 Å². The smallest absolute Gasteiger partial charge is 0.00293 e. The molecule has 2 aromatic rings. The number of fused-ring (bicyclic) bond motifs is 1. The summed E-state index contributed by atoms with van der Waals surface area (Å²) in [6.45, 7) is 2.31. The van der Waals surface area contributed by atoms with Gasteiger partial charge in [-0.15, -0.1) is 0 Å². The van der Waals surface area contributed by atoms with E-state index in [4.69, 9.17) is 0 Å². The van der Waals surface area contributed by atoms with Crippen LogP contribution in [0.25, 0.3) is 6.08 Å². The summed E-state index contributed by atoms with van der Waals surface area (Å²) in [7, 11) is 0. The Hall–Kier alpha value is -1.82. The van der Waals surface area contributed by atoms with Crippen LogP contribution in [0.1, 0.15) is 29.5 Å². The summed E-state index contributed by atoms with van der Waals surface area (Å²) in [5.74, 6) is 0.561. The molecule has 0 fully saturated rings. The lowest BCUT2D eigenvalue weighted by atomic mass is 9.98. The fraction of sp³-hybridized carbons (Fsp3) is 0.176. The molecule has 0 saturated carbocycles. The molecule has 0 aromatic heterocycles. The molecule has 1 atom stereocenters. The fourth-order valence-corrected chi connectivity index (χ4v) is 2.63. The Kier molecular flexibility index (Phi) is 2.56. The van der Waals surface area contributed by atoms with Crippen molar-refractivity contribution in [1.29, 1.82) is 0 Å². The van der Waals surface area contributed by atoms with Gasteiger partial charge in [-0.3, -0.25) is 0 Å². The largest absolute Gasteiger partial charge is 0.0622 e. The third kappa shape index (κ3) is 1.91. The molecule has 0 nitrogen and oxygen atoms in total. The summed E-state index contributed by atoms with van der Waals surface area (Å²) < 4.78 is 0. The number of hydrogen-bond donors (Lipinski definition) is 0. The maximum absolute atomic E-state index is 2.34. The van der Waals surface area contributed by atoms with Gasteiger partial charge in [0, 0.05) is 5.92 Å². The first-order valence-corrected chi connectivity index (χ1v) is 6.18. The second-order valence-electron chi connectivity index (χ2n) is 4.73. The molecule has 0 bridgehead atoms. The maximum atomic E-state index is 2.34. The maximum Gasteiger partial charge on any atom is 0.00293 e. The molecule has 84 valence electrons. The van der Waals surface area contributed by atoms with Crippen molar-refractivity contribution in [1.82, 2.24) is 0 Å². The number of hydrogen-bond acceptors (Lipinski definition) is 0. The highest BCUT2D eigenvalue weighted by Gasteiger charge is 2.22. The fourth-order valence-electron chi connectivity index (χ4n) is 2.63. The van der Waals surface area contributed by atoms with Crippen LogP contribution in [0.5, 0.6) is 0 Å². The zero-order valence-electron chi connectivity index (χ0n) is 10.1. The van der Waals surface area contributed by atoms with Gasteiger partial charge in [-0.2, -0.15) is 0 Å². The number of rotatable bonds is 1. The van der Waals surface area contributed by atoms with E-state index < -0.39 is 0 Å². The van der Waals surface area contributed by atoms with Crippen LogP contribution >= 0.6 is 0 Å². The molecule has 0 spiro atoms. The van der Waals surface area contributed by atoms with E-state index in [1.807, 2.05) is 0 Å². The molecule has 0 saturated heterocycles. The molecular formula is C17H16. The van der Waals surface area contributed by atoms with Crippen molar-refractivity contribution >= 4 is 6.08 Å². The summed E-state index contributed by atoms with van der Waals surface area (Å²) in [4.78, 5) is 0. The summed E-state index contributed by atoms with van der Waals surface area (Å²) >= 11 is 0. The zero-order chi connectivity index (χ0) is 11.7. The van der Waals surface area contributed by atoms with Crippen molar-refractivity contribution in [2.24, 2.45) is 0 Å². The van der Waals surface area contributed by atoms with Crippen LogP contribution < -0.4 is 0 Å². The second kappa shape index (κ2) is 4.21. The topological polar surface area (TPSA) is 0 Å². The zero-order valence-corrected chi connectivity index (χ0v) is 10.1. The van der Waals surface area contributed by atoms with Gasteiger partial charge in [-0.1, -0.05) is 73.2 Å². The predicted molar refractivity (Wildman–Crippen MR) is 73.0 cm³/mol. The minimum atomic E-state index is 0.561. The van der Waals surface area contributed by atoms with E-state index in [0.717, 1.165) is 6.42 Å². The molecule has 1 aliphatic rings. The van der Waals surface area contributed by atoms with E-state index in [2.05, 4.69) is 67.6 Å². The van der Waals surface area contributed by atoms with Gasteiger partial charge in [0.05, 0.1) is 0 Å². The van der Waals surface area contributed by atoms with Crippen LogP contribution in [0.15, 0.2) is 60.2 Å². The molecule has 0 radical (unpaired) electrons. The normalized spacial score (nSPS) is 20.5. The van der Waals surface area contributed by atoms with Crippen molar-refractivity contribution in [2.75, 3.05) is 0 Å². The van der Waals surface area contributed by atoms with E-state index in [0.29, 0.717) is 5.92 Å². The van der Waals surface area contributed by atoms with E-state index in [1.165, 1.54) is 22.3 Å². The van der Waals surface area contributed by atoms with Crippen LogP contribution in [0.4, 0.5) is 0 Å². The summed E-state index contributed by atoms with van der Waals surface area (Å²) in [5.41, 5.74) is 5.82. The van der Waals surface area contributed by atoms with Crippen molar-refractivity contribution in [3.8, 4) is 0 Å². The molecule has 2 aromatic carbocycles. The number of allylic oxidation sites excluding steroid dienone is 1. The van der Waals surface area contributed by atoms with Gasteiger partial charge in [0.25, 0.3) is 0 Å². The summed E-state index contributed by atoms with van der Waals surface area (Å²) in [6, 6.07) is 19.4. The third-order valence-corrected chi connectivity index (χ3v) is 3.62. The standard InChI is InChI=1S/C17H16/c1-13-16(11-14-7-3-2-4-8-14)12-15-9-5-6-10-17(13)15/h2-11,13H,12H2,1H3/b16-11+/t13-/m0/s1. The Morgan fingerprint density at radius 2 is 1.65 bits per heavy atom. The molecule has 1 aliphatic carbocycles. The van der Waals surface area contributed by atoms with Gasteiger partial charge in [0.1, 0.15) is 0 Å². The highest BCUT2D eigenvalue weighted by Crippen LogP contribution is 2.37. The van der Waals surface area contributed by atoms with Crippen molar-refractivity contribution in [3.63, 3.8) is 0 Å². The van der Waals surface area contributed by atoms with E-state index in [1.54, 1.807) is 0 Å². The summed E-state index contributed by atoms with van der Waals surface area (Å²) in [6.07, 6.45) is 3.44. The Labute approximate surface area is 103 Å². The van der Waals surface area contributed by atoms with E-state index >= 15 is 0 Å². The molecule has 17 heavy (non-hydrogen) atoms. The summed E-state index contributed by atoms with van der Waals surface area (Å²) in [5, 5.41) is 0. The minimum Gasteiger partial charge on any atom is -0.0622 e. The van der Waals surface area contributed by atoms with Gasteiger partial charge in [0.15, 0.2) is 0 Å². The van der Waals surface area contributed by atoms with Gasteiger partial charge >= 0.3 is 0 Å². The quantitative estimate of drug-likeness (QED) is 0.667. The Morgan fingerprint density at radius 1 is 0.941 bits per heavy atom. The lowest BCUT2D eigenvalue weighted by molar-refractivity contribution is 0.935. The highest BCUT2D eigenvalue weighted by atomic mass is 14.3. The van der Waals surface area contributed by atoms with Gasteiger partial charge < -0.3 is 0 Å². The minimum absolute atomic E-state index is 0.561. The molecular weight excluding hydrogens is 204 g/mol. The SMILES string of the molecule is C[C@H]1/C(=C/c2ccccc2)Cc2ccccc21. The molecule has 0 N–H and O–H groups in total. The first-order valence-electron chi connectivity index (χ1n) is 6.18. The van der Waals surface area contributed by atoms with E-state index in [-0.39, 0.29) is 0 Å². The first kappa shape index (κ1) is 10.3. The molecule has 0 amide bonds. The average molecular weight is 220 g/mol. The third-order valence-electron chi connectivity index (χ3n) is 3.62. The molecule has 3 rings (SSSR count). The highest BCUT2D eigenvalue weighted by molar-refractivity contribution is 5.60. The molecule has 0 heteroatoms. The Balaban J connectivity index is 1.97. The van der Waals surface area contributed by atoms with Crippen LogP contribution in [0.3, 0.4) is 0 Å². The average Bonchev–Trinajstić information content (AvgIpc) is 2.68. The van der Waals surface area contributed by atoms with Gasteiger partial charge in [-0.25, -0.2) is 0 Å².